The Kier molecular flexibility index (Phi) is 5.03. The van der Waals surface area contributed by atoms with Crippen LogP contribution in [0.15, 0.2) is 24.3 Å². The van der Waals surface area contributed by atoms with Gasteiger partial charge in [-0.25, -0.2) is 0 Å². The zero-order chi connectivity index (χ0) is 15.4. The number of rotatable bonds is 6. The number of fused-ring (bicyclic) bond motifs is 2. The molecule has 0 fully saturated rings. The fourth-order valence-electron chi connectivity index (χ4n) is 3.20. The number of nitrogens with one attached hydrogen (secondary N) is 1. The zero-order valence-electron chi connectivity index (χ0n) is 13.6. The smallest absolute Gasteiger partial charge is 0.0708 e. The van der Waals surface area contributed by atoms with Crippen molar-refractivity contribution in [2.75, 3.05) is 33.4 Å². The second kappa shape index (κ2) is 7.18. The van der Waals surface area contributed by atoms with E-state index in [0.717, 1.165) is 51.3 Å². The van der Waals surface area contributed by atoms with Crippen LogP contribution in [-0.4, -0.2) is 43.2 Å². The molecule has 0 aliphatic carbocycles. The van der Waals surface area contributed by atoms with Crippen molar-refractivity contribution < 1.29 is 4.74 Å². The van der Waals surface area contributed by atoms with Gasteiger partial charge in [-0.1, -0.05) is 25.1 Å². The molecule has 0 unspecified atom stereocenters. The van der Waals surface area contributed by atoms with E-state index in [0.29, 0.717) is 0 Å². The van der Waals surface area contributed by atoms with Crippen molar-refractivity contribution in [3.63, 3.8) is 0 Å². The quantitative estimate of drug-likeness (QED) is 0.831. The maximum absolute atomic E-state index is 5.13. The number of benzene rings is 1. The number of likely N-dealkylation sites (N-methyl/N-ethyl adjacent to an activating group) is 1. The van der Waals surface area contributed by atoms with Crippen LogP contribution in [0.4, 0.5) is 0 Å². The number of pyridine rings is 1. The molecule has 1 aromatic carbocycles. The Morgan fingerprint density at radius 2 is 2.18 bits per heavy atom. The molecule has 1 aliphatic rings. The molecule has 1 N–H and O–H groups in total. The van der Waals surface area contributed by atoms with Crippen molar-refractivity contribution in [3.8, 4) is 0 Å². The van der Waals surface area contributed by atoms with Gasteiger partial charge in [-0.3, -0.25) is 9.88 Å². The highest BCUT2D eigenvalue weighted by atomic mass is 16.5. The molecule has 118 valence electrons. The van der Waals surface area contributed by atoms with Gasteiger partial charge in [0.25, 0.3) is 0 Å². The minimum absolute atomic E-state index is 0.742. The largest absolute Gasteiger partial charge is 0.383 e. The normalized spacial score (nSPS) is 15.2. The average molecular weight is 299 g/mol. The highest BCUT2D eigenvalue weighted by Gasteiger charge is 2.21. The van der Waals surface area contributed by atoms with Crippen molar-refractivity contribution >= 4 is 10.9 Å². The van der Waals surface area contributed by atoms with Gasteiger partial charge in [-0.15, -0.1) is 0 Å². The van der Waals surface area contributed by atoms with Crippen LogP contribution in [0.1, 0.15) is 23.7 Å². The van der Waals surface area contributed by atoms with Crippen LogP contribution in [0.25, 0.3) is 10.9 Å². The maximum Gasteiger partial charge on any atom is 0.0708 e. The lowest BCUT2D eigenvalue weighted by atomic mass is 9.95. The third-order valence-electron chi connectivity index (χ3n) is 4.48. The van der Waals surface area contributed by atoms with Crippen molar-refractivity contribution in [1.29, 1.82) is 0 Å². The van der Waals surface area contributed by atoms with E-state index in [9.17, 15) is 0 Å². The van der Waals surface area contributed by atoms with Gasteiger partial charge < -0.3 is 10.1 Å². The predicted octanol–water partition coefficient (Wildman–Crippen LogP) is 2.35. The van der Waals surface area contributed by atoms with Gasteiger partial charge >= 0.3 is 0 Å². The van der Waals surface area contributed by atoms with Gasteiger partial charge in [0.2, 0.25) is 0 Å². The summed E-state index contributed by atoms with van der Waals surface area (Å²) >= 11 is 0. The predicted molar refractivity (Wildman–Crippen MR) is 90.0 cm³/mol. The van der Waals surface area contributed by atoms with Crippen LogP contribution >= 0.6 is 0 Å². The van der Waals surface area contributed by atoms with Crippen LogP contribution in [0.5, 0.6) is 0 Å². The van der Waals surface area contributed by atoms with Gasteiger partial charge in [-0.05, 0) is 23.7 Å². The molecular weight excluding hydrogens is 274 g/mol. The van der Waals surface area contributed by atoms with Crippen molar-refractivity contribution in [2.24, 2.45) is 0 Å². The molecule has 4 nitrogen and oxygen atoms in total. The third kappa shape index (κ3) is 3.14. The second-order valence-corrected chi connectivity index (χ2v) is 5.82. The average Bonchev–Trinajstić information content (AvgIpc) is 2.57. The van der Waals surface area contributed by atoms with Crippen LogP contribution < -0.4 is 5.32 Å². The molecule has 0 saturated heterocycles. The van der Waals surface area contributed by atoms with E-state index in [4.69, 9.17) is 9.72 Å². The van der Waals surface area contributed by atoms with E-state index in [1.54, 1.807) is 7.11 Å². The molecule has 0 radical (unpaired) electrons. The summed E-state index contributed by atoms with van der Waals surface area (Å²) in [6, 6.07) is 8.50. The number of hydrogen-bond acceptors (Lipinski definition) is 4. The van der Waals surface area contributed by atoms with E-state index in [1.165, 1.54) is 22.2 Å². The summed E-state index contributed by atoms with van der Waals surface area (Å²) in [4.78, 5) is 7.41. The first kappa shape index (κ1) is 15.4. The van der Waals surface area contributed by atoms with E-state index < -0.39 is 0 Å². The Morgan fingerprint density at radius 3 is 3.00 bits per heavy atom. The Morgan fingerprint density at radius 1 is 1.32 bits per heavy atom. The molecule has 0 bridgehead atoms. The van der Waals surface area contributed by atoms with Gasteiger partial charge in [-0.2, -0.15) is 0 Å². The second-order valence-electron chi connectivity index (χ2n) is 5.82. The zero-order valence-corrected chi connectivity index (χ0v) is 13.6. The number of para-hydroxylation sites is 1. The summed E-state index contributed by atoms with van der Waals surface area (Å²) in [5.74, 6) is 0. The highest BCUT2D eigenvalue weighted by molar-refractivity contribution is 5.83. The number of methoxy groups -OCH3 is 1. The molecule has 22 heavy (non-hydrogen) atoms. The van der Waals surface area contributed by atoms with E-state index in [1.807, 2.05) is 0 Å². The van der Waals surface area contributed by atoms with Crippen molar-refractivity contribution in [3.05, 3.63) is 41.1 Å². The lowest BCUT2D eigenvalue weighted by Gasteiger charge is -2.29. The van der Waals surface area contributed by atoms with Crippen LogP contribution in [-0.2, 0) is 24.2 Å². The molecule has 2 aromatic rings. The molecule has 0 saturated carbocycles. The van der Waals surface area contributed by atoms with Crippen molar-refractivity contribution in [1.82, 2.24) is 15.2 Å². The van der Waals surface area contributed by atoms with E-state index in [-0.39, 0.29) is 0 Å². The maximum atomic E-state index is 5.13. The summed E-state index contributed by atoms with van der Waals surface area (Å²) in [6.45, 7) is 7.97. The summed E-state index contributed by atoms with van der Waals surface area (Å²) in [5, 5.41) is 4.79. The molecule has 0 amide bonds. The Balaban J connectivity index is 1.97. The molecule has 1 aromatic heterocycles. The first-order valence-corrected chi connectivity index (χ1v) is 8.15. The molecule has 1 aliphatic heterocycles. The summed E-state index contributed by atoms with van der Waals surface area (Å²) < 4.78 is 5.13. The Hall–Kier alpha value is -1.49. The Bertz CT molecular complexity index is 642. The molecule has 3 rings (SSSR count). The number of nitrogens with zero attached hydrogens (tertiary/aromatic N) is 2. The number of hydrogen-bond donors (Lipinski definition) is 1. The topological polar surface area (TPSA) is 37.4 Å². The van der Waals surface area contributed by atoms with Crippen molar-refractivity contribution in [2.45, 2.75) is 26.4 Å². The van der Waals surface area contributed by atoms with Gasteiger partial charge in [0.15, 0.2) is 0 Å². The van der Waals surface area contributed by atoms with Crippen LogP contribution in [0.2, 0.25) is 0 Å². The van der Waals surface area contributed by atoms with Gasteiger partial charge in [0, 0.05) is 50.8 Å². The summed E-state index contributed by atoms with van der Waals surface area (Å²) in [6.07, 6.45) is 1.05. The number of aromatic nitrogens is 1. The minimum atomic E-state index is 0.742. The fourth-order valence-corrected chi connectivity index (χ4v) is 3.20. The van der Waals surface area contributed by atoms with Gasteiger partial charge in [0.05, 0.1) is 12.1 Å². The van der Waals surface area contributed by atoms with E-state index >= 15 is 0 Å². The lowest BCUT2D eigenvalue weighted by Crippen LogP contribution is -2.32. The lowest BCUT2D eigenvalue weighted by molar-refractivity contribution is 0.199. The summed E-state index contributed by atoms with van der Waals surface area (Å²) in [5.41, 5.74) is 5.24. The van der Waals surface area contributed by atoms with E-state index in [2.05, 4.69) is 41.4 Å². The summed E-state index contributed by atoms with van der Waals surface area (Å²) in [7, 11) is 1.74. The van der Waals surface area contributed by atoms with Crippen LogP contribution in [0.3, 0.4) is 0 Å². The fraction of sp³-hybridized carbons (Fsp3) is 0.500. The number of ether oxygens (including phenoxy) is 1. The monoisotopic (exact) mass is 299 g/mol. The first-order valence-electron chi connectivity index (χ1n) is 8.15. The minimum Gasteiger partial charge on any atom is -0.383 e. The molecule has 4 heteroatoms. The van der Waals surface area contributed by atoms with Crippen LogP contribution in [0, 0.1) is 0 Å². The first-order chi connectivity index (χ1) is 10.8. The molecular formula is C18H25N3O. The third-order valence-corrected chi connectivity index (χ3v) is 4.48. The van der Waals surface area contributed by atoms with Gasteiger partial charge in [0.1, 0.15) is 0 Å². The molecule has 0 atom stereocenters. The highest BCUT2D eigenvalue weighted by Crippen LogP contribution is 2.27. The standard InChI is InChI=1S/C18H25N3O/c1-3-21-10-8-18-16(13-21)15(12-19-9-11-22-2)14-6-4-5-7-17(14)20-18/h4-7,19H,3,8-13H2,1-2H3. The SMILES string of the molecule is CCN1CCc2nc3ccccc3c(CNCCOC)c2C1. The molecule has 0 spiro atoms. The Labute approximate surface area is 132 Å². The molecule has 2 heterocycles.